The lowest BCUT2D eigenvalue weighted by Gasteiger charge is -2.20. The predicted molar refractivity (Wildman–Crippen MR) is 105 cm³/mol. The summed E-state index contributed by atoms with van der Waals surface area (Å²) in [5.74, 6) is -0.784. The van der Waals surface area contributed by atoms with E-state index in [2.05, 4.69) is 0 Å². The van der Waals surface area contributed by atoms with Crippen LogP contribution in [0.2, 0.25) is 5.02 Å². The Labute approximate surface area is 164 Å². The highest BCUT2D eigenvalue weighted by molar-refractivity contribution is 7.89. The summed E-state index contributed by atoms with van der Waals surface area (Å²) in [5.41, 5.74) is 1.97. The number of halogens is 1. The Hall–Kier alpha value is -2.09. The summed E-state index contributed by atoms with van der Waals surface area (Å²) >= 11 is 6.11. The summed E-state index contributed by atoms with van der Waals surface area (Å²) in [6.07, 6.45) is 0. The van der Waals surface area contributed by atoms with Crippen LogP contribution in [0.4, 0.5) is 0 Å². The van der Waals surface area contributed by atoms with Crippen molar-refractivity contribution < 1.29 is 23.1 Å². The third-order valence-electron chi connectivity index (χ3n) is 4.14. The molecule has 2 rings (SSSR count). The Morgan fingerprint density at radius 2 is 1.78 bits per heavy atom. The van der Waals surface area contributed by atoms with E-state index in [1.807, 2.05) is 6.92 Å². The zero-order valence-electron chi connectivity index (χ0n) is 15.4. The van der Waals surface area contributed by atoms with Crippen molar-refractivity contribution >= 4 is 27.6 Å². The Kier molecular flexibility index (Phi) is 6.86. The van der Waals surface area contributed by atoms with Crippen LogP contribution >= 0.6 is 11.6 Å². The number of aliphatic carboxylic acids is 1. The Morgan fingerprint density at radius 3 is 2.37 bits per heavy atom. The van der Waals surface area contributed by atoms with Crippen molar-refractivity contribution in [3.05, 3.63) is 47.0 Å². The number of hydrogen-bond acceptors (Lipinski definition) is 4. The molecule has 6 nitrogen and oxygen atoms in total. The highest BCUT2D eigenvalue weighted by atomic mass is 35.5. The van der Waals surface area contributed by atoms with Crippen LogP contribution in [-0.2, 0) is 14.8 Å². The number of aryl methyl sites for hydroxylation is 1. The van der Waals surface area contributed by atoms with Crippen LogP contribution in [0.25, 0.3) is 11.1 Å². The molecule has 146 valence electrons. The number of benzene rings is 2. The quantitative estimate of drug-likeness (QED) is 0.714. The zero-order valence-corrected chi connectivity index (χ0v) is 17.0. The topological polar surface area (TPSA) is 83.9 Å². The van der Waals surface area contributed by atoms with Crippen LogP contribution in [-0.4, -0.2) is 43.5 Å². The number of hydrogen-bond donors (Lipinski definition) is 1. The molecule has 0 bridgehead atoms. The molecule has 0 unspecified atom stereocenters. The summed E-state index contributed by atoms with van der Waals surface area (Å²) in [6.45, 7) is 5.63. The van der Waals surface area contributed by atoms with E-state index in [4.69, 9.17) is 21.4 Å². The van der Waals surface area contributed by atoms with Crippen LogP contribution in [0.3, 0.4) is 0 Å². The van der Waals surface area contributed by atoms with Crippen LogP contribution in [0.5, 0.6) is 5.75 Å². The molecule has 0 aliphatic carbocycles. The Balaban J connectivity index is 2.60. The van der Waals surface area contributed by atoms with E-state index < -0.39 is 22.6 Å². The van der Waals surface area contributed by atoms with Crippen LogP contribution in [0.15, 0.2) is 41.3 Å². The van der Waals surface area contributed by atoms with E-state index in [0.29, 0.717) is 35.0 Å². The van der Waals surface area contributed by atoms with Gasteiger partial charge in [0.2, 0.25) is 10.0 Å². The van der Waals surface area contributed by atoms with Gasteiger partial charge >= 0.3 is 5.97 Å². The first-order valence-corrected chi connectivity index (χ1v) is 10.3. The third kappa shape index (κ3) is 4.80. The van der Waals surface area contributed by atoms with Gasteiger partial charge in [-0.25, -0.2) is 13.2 Å². The maximum atomic E-state index is 12.8. The van der Waals surface area contributed by atoms with Gasteiger partial charge in [-0.15, -0.1) is 0 Å². The van der Waals surface area contributed by atoms with Crippen molar-refractivity contribution in [2.45, 2.75) is 25.7 Å². The molecule has 1 N–H and O–H groups in total. The van der Waals surface area contributed by atoms with Crippen molar-refractivity contribution in [2.24, 2.45) is 0 Å². The molecule has 0 radical (unpaired) electrons. The first-order chi connectivity index (χ1) is 12.7. The lowest BCUT2D eigenvalue weighted by molar-refractivity contribution is -0.139. The van der Waals surface area contributed by atoms with Gasteiger partial charge in [-0.1, -0.05) is 31.5 Å². The van der Waals surface area contributed by atoms with Crippen molar-refractivity contribution in [3.63, 3.8) is 0 Å². The number of sulfonamides is 1. The van der Waals surface area contributed by atoms with Crippen molar-refractivity contribution in [2.75, 3.05) is 19.7 Å². The molecule has 2 aromatic carbocycles. The van der Waals surface area contributed by atoms with E-state index in [1.54, 1.807) is 50.2 Å². The van der Waals surface area contributed by atoms with Gasteiger partial charge in [-0.2, -0.15) is 4.31 Å². The van der Waals surface area contributed by atoms with E-state index in [9.17, 15) is 13.2 Å². The average molecular weight is 412 g/mol. The van der Waals surface area contributed by atoms with E-state index >= 15 is 0 Å². The number of carboxylic acid groups (broad SMARTS) is 1. The SMILES string of the molecule is CCN(CC)S(=O)(=O)c1ccc(C)c(-c2cc(Cl)ccc2OCC(=O)O)c1. The molecule has 0 heterocycles. The number of nitrogens with zero attached hydrogens (tertiary/aromatic N) is 1. The molecule has 0 atom stereocenters. The van der Waals surface area contributed by atoms with Gasteiger partial charge in [-0.05, 0) is 48.4 Å². The van der Waals surface area contributed by atoms with Crippen molar-refractivity contribution in [1.29, 1.82) is 0 Å². The molecule has 0 aromatic heterocycles. The Morgan fingerprint density at radius 1 is 1.11 bits per heavy atom. The highest BCUT2D eigenvalue weighted by Crippen LogP contribution is 2.36. The van der Waals surface area contributed by atoms with Crippen LogP contribution in [0, 0.1) is 6.92 Å². The van der Waals surface area contributed by atoms with Crippen molar-refractivity contribution in [1.82, 2.24) is 4.31 Å². The second kappa shape index (κ2) is 8.73. The standard InChI is InChI=1S/C19H22ClNO5S/c1-4-21(5-2)27(24,25)15-8-6-13(3)16(11-15)17-10-14(20)7-9-18(17)26-12-19(22)23/h6-11H,4-5,12H2,1-3H3,(H,22,23). The second-order valence-corrected chi connectivity index (χ2v) is 8.26. The summed E-state index contributed by atoms with van der Waals surface area (Å²) in [7, 11) is -3.63. The lowest BCUT2D eigenvalue weighted by Crippen LogP contribution is -2.30. The molecule has 0 aliphatic heterocycles. The van der Waals surface area contributed by atoms with Gasteiger partial charge < -0.3 is 9.84 Å². The van der Waals surface area contributed by atoms with Crippen LogP contribution < -0.4 is 4.74 Å². The smallest absolute Gasteiger partial charge is 0.341 e. The van der Waals surface area contributed by atoms with Gasteiger partial charge in [0, 0.05) is 23.7 Å². The monoisotopic (exact) mass is 411 g/mol. The molecule has 0 saturated heterocycles. The first kappa shape index (κ1) is 21.2. The normalized spacial score (nSPS) is 11.6. The summed E-state index contributed by atoms with van der Waals surface area (Å²) in [6, 6.07) is 9.65. The summed E-state index contributed by atoms with van der Waals surface area (Å²) in [4.78, 5) is 11.0. The number of rotatable bonds is 8. The molecule has 0 aliphatic rings. The zero-order chi connectivity index (χ0) is 20.2. The molecular formula is C19H22ClNO5S. The minimum atomic E-state index is -3.63. The summed E-state index contributed by atoms with van der Waals surface area (Å²) in [5, 5.41) is 9.31. The molecule has 0 saturated carbocycles. The van der Waals surface area contributed by atoms with Gasteiger partial charge in [-0.3, -0.25) is 0 Å². The number of carboxylic acids is 1. The van der Waals surface area contributed by atoms with Gasteiger partial charge in [0.25, 0.3) is 0 Å². The third-order valence-corrected chi connectivity index (χ3v) is 6.42. The highest BCUT2D eigenvalue weighted by Gasteiger charge is 2.23. The van der Waals surface area contributed by atoms with Crippen molar-refractivity contribution in [3.8, 4) is 16.9 Å². The van der Waals surface area contributed by atoms with E-state index in [0.717, 1.165) is 5.56 Å². The molecule has 0 spiro atoms. The summed E-state index contributed by atoms with van der Waals surface area (Å²) < 4.78 is 32.4. The Bertz CT molecular complexity index is 939. The largest absolute Gasteiger partial charge is 0.481 e. The maximum Gasteiger partial charge on any atom is 0.341 e. The van der Waals surface area contributed by atoms with Gasteiger partial charge in [0.05, 0.1) is 4.90 Å². The fourth-order valence-corrected chi connectivity index (χ4v) is 4.40. The van der Waals surface area contributed by atoms with E-state index in [-0.39, 0.29) is 4.90 Å². The number of ether oxygens (including phenoxy) is 1. The fraction of sp³-hybridized carbons (Fsp3) is 0.316. The minimum absolute atomic E-state index is 0.163. The van der Waals surface area contributed by atoms with Crippen LogP contribution in [0.1, 0.15) is 19.4 Å². The molecule has 8 heteroatoms. The minimum Gasteiger partial charge on any atom is -0.481 e. The number of carbonyl (C=O) groups is 1. The maximum absolute atomic E-state index is 12.8. The molecule has 27 heavy (non-hydrogen) atoms. The lowest BCUT2D eigenvalue weighted by atomic mass is 10.00. The molecule has 0 fully saturated rings. The molecular weight excluding hydrogens is 390 g/mol. The fourth-order valence-electron chi connectivity index (χ4n) is 2.74. The second-order valence-electron chi connectivity index (χ2n) is 5.89. The predicted octanol–water partition coefficient (Wildman–Crippen LogP) is 3.81. The molecule has 2 aromatic rings. The average Bonchev–Trinajstić information content (AvgIpc) is 2.61. The van der Waals surface area contributed by atoms with E-state index in [1.165, 1.54) is 4.31 Å². The van der Waals surface area contributed by atoms with Gasteiger partial charge in [0.1, 0.15) is 5.75 Å². The van der Waals surface area contributed by atoms with Gasteiger partial charge in [0.15, 0.2) is 6.61 Å². The first-order valence-electron chi connectivity index (χ1n) is 8.46. The molecule has 0 amide bonds.